The number of anilines is 1. The molecule has 1 aliphatic heterocycles. The minimum Gasteiger partial charge on any atom is -0.272 e. The smallest absolute Gasteiger partial charge is 0.193 e. The number of rotatable bonds is 1. The van der Waals surface area contributed by atoms with Gasteiger partial charge in [0.25, 0.3) is 0 Å². The summed E-state index contributed by atoms with van der Waals surface area (Å²) in [6.07, 6.45) is 2.11. The van der Waals surface area contributed by atoms with Crippen molar-refractivity contribution in [3.05, 3.63) is 16.8 Å². The molecule has 1 saturated heterocycles. The fraction of sp³-hybridized carbons (Fsp3) is 0.545. The number of hydrogen-bond donors (Lipinski definition) is 0. The first-order chi connectivity index (χ1) is 7.74. The average molecular weight is 218 g/mol. The van der Waals surface area contributed by atoms with Gasteiger partial charge in [-0.2, -0.15) is 10.4 Å². The van der Waals surface area contributed by atoms with Gasteiger partial charge in [0.1, 0.15) is 11.6 Å². The van der Waals surface area contributed by atoms with Crippen molar-refractivity contribution >= 4 is 5.82 Å². The molecular weight excluding hydrogens is 204 g/mol. The topological polar surface area (TPSA) is 62.0 Å². The lowest BCUT2D eigenvalue weighted by atomic mass is 10.1. The molecule has 0 amide bonds. The highest BCUT2D eigenvalue weighted by Crippen LogP contribution is 2.23. The predicted molar refractivity (Wildman–Crippen MR) is 58.8 cm³/mol. The lowest BCUT2D eigenvalue weighted by molar-refractivity contribution is 0.0756. The number of hydrogen-bond acceptors (Lipinski definition) is 5. The average Bonchev–Trinajstić information content (AvgIpc) is 2.33. The van der Waals surface area contributed by atoms with Crippen molar-refractivity contribution in [2.45, 2.75) is 26.7 Å². The van der Waals surface area contributed by atoms with Gasteiger partial charge in [-0.15, -0.1) is 5.10 Å². The molecule has 0 unspecified atom stereocenters. The molecule has 84 valence electrons. The molecular formula is C11H14N4O. The van der Waals surface area contributed by atoms with Gasteiger partial charge in [-0.3, -0.25) is 4.84 Å². The van der Waals surface area contributed by atoms with Crippen LogP contribution < -0.4 is 5.06 Å². The van der Waals surface area contributed by atoms with Crippen molar-refractivity contribution in [3.8, 4) is 6.07 Å². The van der Waals surface area contributed by atoms with E-state index in [4.69, 9.17) is 10.1 Å². The van der Waals surface area contributed by atoms with Crippen molar-refractivity contribution in [2.75, 3.05) is 18.2 Å². The molecule has 1 aromatic heterocycles. The normalized spacial score (nSPS) is 15.9. The van der Waals surface area contributed by atoms with Gasteiger partial charge in [0.2, 0.25) is 0 Å². The van der Waals surface area contributed by atoms with Crippen molar-refractivity contribution < 1.29 is 4.84 Å². The van der Waals surface area contributed by atoms with Gasteiger partial charge >= 0.3 is 0 Å². The first-order valence-electron chi connectivity index (χ1n) is 5.38. The first-order valence-corrected chi connectivity index (χ1v) is 5.38. The molecule has 0 N–H and O–H groups in total. The van der Waals surface area contributed by atoms with Crippen LogP contribution >= 0.6 is 0 Å². The van der Waals surface area contributed by atoms with E-state index in [0.29, 0.717) is 18.0 Å². The van der Waals surface area contributed by atoms with Crippen LogP contribution in [0.15, 0.2) is 0 Å². The highest BCUT2D eigenvalue weighted by atomic mass is 16.7. The van der Waals surface area contributed by atoms with Crippen LogP contribution in [0.5, 0.6) is 0 Å². The summed E-state index contributed by atoms with van der Waals surface area (Å²) in [6.45, 7) is 5.19. The van der Waals surface area contributed by atoms with E-state index in [-0.39, 0.29) is 0 Å². The molecule has 5 heteroatoms. The molecule has 0 saturated carbocycles. The maximum atomic E-state index is 9.15. The van der Waals surface area contributed by atoms with E-state index in [1.54, 1.807) is 5.06 Å². The van der Waals surface area contributed by atoms with E-state index in [9.17, 15) is 0 Å². The lowest BCUT2D eigenvalue weighted by Gasteiger charge is -2.27. The lowest BCUT2D eigenvalue weighted by Crippen LogP contribution is -2.31. The standard InChI is InChI=1S/C11H14N4O/c1-8-9(2)13-14-11(10(8)7-12)15-5-3-4-6-16-15/h3-6H2,1-2H3. The molecule has 0 bridgehead atoms. The third-order valence-electron chi connectivity index (χ3n) is 2.79. The maximum Gasteiger partial charge on any atom is 0.193 e. The Morgan fingerprint density at radius 3 is 2.75 bits per heavy atom. The molecule has 2 heterocycles. The zero-order chi connectivity index (χ0) is 11.5. The minimum atomic E-state index is 0.547. The zero-order valence-electron chi connectivity index (χ0n) is 9.53. The Balaban J connectivity index is 2.40. The Labute approximate surface area is 94.6 Å². The summed E-state index contributed by atoms with van der Waals surface area (Å²) in [4.78, 5) is 5.48. The van der Waals surface area contributed by atoms with E-state index < -0.39 is 0 Å². The molecule has 0 atom stereocenters. The Morgan fingerprint density at radius 2 is 2.12 bits per heavy atom. The van der Waals surface area contributed by atoms with Gasteiger partial charge < -0.3 is 0 Å². The molecule has 1 fully saturated rings. The summed E-state index contributed by atoms with van der Waals surface area (Å²) >= 11 is 0. The van der Waals surface area contributed by atoms with Crippen LogP contribution in [0.3, 0.4) is 0 Å². The predicted octanol–water partition coefficient (Wildman–Crippen LogP) is 1.50. The third-order valence-corrected chi connectivity index (χ3v) is 2.79. The molecule has 0 radical (unpaired) electrons. The van der Waals surface area contributed by atoms with Crippen molar-refractivity contribution in [3.63, 3.8) is 0 Å². The largest absolute Gasteiger partial charge is 0.272 e. The summed E-state index contributed by atoms with van der Waals surface area (Å²) < 4.78 is 0. The summed E-state index contributed by atoms with van der Waals surface area (Å²) in [7, 11) is 0. The quantitative estimate of drug-likeness (QED) is 0.714. The van der Waals surface area contributed by atoms with Crippen LogP contribution in [0.1, 0.15) is 29.7 Å². The molecule has 2 rings (SSSR count). The second-order valence-corrected chi connectivity index (χ2v) is 3.86. The molecule has 1 aliphatic rings. The van der Waals surface area contributed by atoms with E-state index >= 15 is 0 Å². The number of nitrogens with zero attached hydrogens (tertiary/aromatic N) is 4. The summed E-state index contributed by atoms with van der Waals surface area (Å²) in [6, 6.07) is 2.18. The fourth-order valence-electron chi connectivity index (χ4n) is 1.67. The second kappa shape index (κ2) is 4.45. The Bertz CT molecular complexity index is 432. The first kappa shape index (κ1) is 10.8. The van der Waals surface area contributed by atoms with Gasteiger partial charge in [-0.1, -0.05) is 0 Å². The van der Waals surface area contributed by atoms with E-state index in [1.165, 1.54) is 0 Å². The Morgan fingerprint density at radius 1 is 1.31 bits per heavy atom. The van der Waals surface area contributed by atoms with Gasteiger partial charge in [-0.05, 0) is 32.3 Å². The van der Waals surface area contributed by atoms with Gasteiger partial charge in [0, 0.05) is 6.54 Å². The number of hydroxylamine groups is 1. The molecule has 0 aromatic carbocycles. The van der Waals surface area contributed by atoms with Gasteiger partial charge in [-0.25, -0.2) is 5.06 Å². The highest BCUT2D eigenvalue weighted by molar-refractivity contribution is 5.56. The zero-order valence-corrected chi connectivity index (χ0v) is 9.53. The van der Waals surface area contributed by atoms with E-state index in [0.717, 1.165) is 30.6 Å². The van der Waals surface area contributed by atoms with E-state index in [1.807, 2.05) is 13.8 Å². The summed E-state index contributed by atoms with van der Waals surface area (Å²) in [5, 5.41) is 18.9. The molecule has 16 heavy (non-hydrogen) atoms. The molecule has 5 nitrogen and oxygen atoms in total. The maximum absolute atomic E-state index is 9.15. The SMILES string of the molecule is Cc1nnc(N2CCCCO2)c(C#N)c1C. The highest BCUT2D eigenvalue weighted by Gasteiger charge is 2.19. The Hall–Kier alpha value is -1.67. The second-order valence-electron chi connectivity index (χ2n) is 3.86. The van der Waals surface area contributed by atoms with Gasteiger partial charge in [0.05, 0.1) is 12.3 Å². The van der Waals surface area contributed by atoms with Crippen molar-refractivity contribution in [1.82, 2.24) is 10.2 Å². The van der Waals surface area contributed by atoms with E-state index in [2.05, 4.69) is 16.3 Å². The van der Waals surface area contributed by atoms with Crippen LogP contribution in [0.25, 0.3) is 0 Å². The van der Waals surface area contributed by atoms with Gasteiger partial charge in [0.15, 0.2) is 5.82 Å². The van der Waals surface area contributed by atoms with Crippen LogP contribution in [0.4, 0.5) is 5.82 Å². The third kappa shape index (κ3) is 1.84. The van der Waals surface area contributed by atoms with Crippen LogP contribution in [0.2, 0.25) is 0 Å². The monoisotopic (exact) mass is 218 g/mol. The summed E-state index contributed by atoms with van der Waals surface area (Å²) in [5.74, 6) is 0.547. The van der Waals surface area contributed by atoms with Crippen molar-refractivity contribution in [1.29, 1.82) is 5.26 Å². The molecule has 1 aromatic rings. The van der Waals surface area contributed by atoms with Crippen LogP contribution in [-0.2, 0) is 4.84 Å². The number of nitriles is 1. The molecule has 0 aliphatic carbocycles. The van der Waals surface area contributed by atoms with Crippen molar-refractivity contribution in [2.24, 2.45) is 0 Å². The summed E-state index contributed by atoms with van der Waals surface area (Å²) in [5.41, 5.74) is 2.23. The number of aromatic nitrogens is 2. The van der Waals surface area contributed by atoms with Crippen LogP contribution in [-0.4, -0.2) is 23.3 Å². The Kier molecular flexibility index (Phi) is 3.02. The fourth-order valence-corrected chi connectivity index (χ4v) is 1.67. The van der Waals surface area contributed by atoms with Crippen LogP contribution in [0, 0.1) is 25.2 Å². The molecule has 0 spiro atoms. The number of aryl methyl sites for hydroxylation is 1. The minimum absolute atomic E-state index is 0.547.